The van der Waals surface area contributed by atoms with Gasteiger partial charge in [-0.05, 0) is 46.5 Å². The van der Waals surface area contributed by atoms with Crippen LogP contribution >= 0.6 is 0 Å². The van der Waals surface area contributed by atoms with Crippen LogP contribution in [0.4, 0.5) is 0 Å². The van der Waals surface area contributed by atoms with Crippen LogP contribution in [0.25, 0.3) is 0 Å². The summed E-state index contributed by atoms with van der Waals surface area (Å²) in [6.45, 7) is 5.60. The van der Waals surface area contributed by atoms with Crippen molar-refractivity contribution in [3.63, 3.8) is 0 Å². The Kier molecular flexibility index (Phi) is 4.54. The predicted octanol–water partition coefficient (Wildman–Crippen LogP) is 2.31. The SMILES string of the molecule is COC(=O)C1CCC(C(=O)OC(C)(C)C)CC1. The first-order chi connectivity index (χ1) is 7.83. The number of rotatable bonds is 2. The number of esters is 2. The number of hydrogen-bond acceptors (Lipinski definition) is 4. The fourth-order valence-corrected chi connectivity index (χ4v) is 2.12. The smallest absolute Gasteiger partial charge is 0.309 e. The third kappa shape index (κ3) is 4.36. The molecule has 17 heavy (non-hydrogen) atoms. The highest BCUT2D eigenvalue weighted by Crippen LogP contribution is 2.31. The van der Waals surface area contributed by atoms with Crippen LogP contribution in [0.2, 0.25) is 0 Å². The van der Waals surface area contributed by atoms with Crippen LogP contribution in [0.3, 0.4) is 0 Å². The molecule has 0 aromatic heterocycles. The van der Waals surface area contributed by atoms with Crippen molar-refractivity contribution in [2.45, 2.75) is 52.1 Å². The summed E-state index contributed by atoms with van der Waals surface area (Å²) in [6, 6.07) is 0. The molecule has 0 amide bonds. The minimum absolute atomic E-state index is 0.0429. The van der Waals surface area contributed by atoms with E-state index in [0.29, 0.717) is 12.8 Å². The molecular weight excluding hydrogens is 220 g/mol. The van der Waals surface area contributed by atoms with Crippen LogP contribution < -0.4 is 0 Å². The van der Waals surface area contributed by atoms with E-state index in [1.165, 1.54) is 7.11 Å². The van der Waals surface area contributed by atoms with E-state index in [2.05, 4.69) is 0 Å². The van der Waals surface area contributed by atoms with E-state index in [1.54, 1.807) is 0 Å². The maximum absolute atomic E-state index is 11.8. The monoisotopic (exact) mass is 242 g/mol. The molecule has 0 heterocycles. The highest BCUT2D eigenvalue weighted by atomic mass is 16.6. The van der Waals surface area contributed by atoms with E-state index < -0.39 is 5.60 Å². The molecule has 0 radical (unpaired) electrons. The molecule has 4 heteroatoms. The molecule has 0 N–H and O–H groups in total. The maximum atomic E-state index is 11.8. The van der Waals surface area contributed by atoms with Gasteiger partial charge in [0.2, 0.25) is 0 Å². The molecule has 1 aliphatic carbocycles. The molecule has 0 aliphatic heterocycles. The van der Waals surface area contributed by atoms with E-state index in [4.69, 9.17) is 9.47 Å². The van der Waals surface area contributed by atoms with Gasteiger partial charge in [-0.1, -0.05) is 0 Å². The lowest BCUT2D eigenvalue weighted by atomic mass is 9.82. The standard InChI is InChI=1S/C13H22O4/c1-13(2,3)17-12(15)10-7-5-9(6-8-10)11(14)16-4/h9-10H,5-8H2,1-4H3. The fourth-order valence-electron chi connectivity index (χ4n) is 2.12. The topological polar surface area (TPSA) is 52.6 Å². The zero-order valence-electron chi connectivity index (χ0n) is 11.1. The van der Waals surface area contributed by atoms with Gasteiger partial charge in [0.25, 0.3) is 0 Å². The third-order valence-corrected chi connectivity index (χ3v) is 3.00. The average Bonchev–Trinajstić information content (AvgIpc) is 2.26. The molecule has 1 saturated carbocycles. The third-order valence-electron chi connectivity index (χ3n) is 3.00. The zero-order valence-corrected chi connectivity index (χ0v) is 11.1. The normalized spacial score (nSPS) is 25.2. The van der Waals surface area contributed by atoms with Crippen molar-refractivity contribution in [2.75, 3.05) is 7.11 Å². The molecule has 0 atom stereocenters. The molecule has 0 unspecified atom stereocenters. The fraction of sp³-hybridized carbons (Fsp3) is 0.846. The Morgan fingerprint density at radius 2 is 1.35 bits per heavy atom. The van der Waals surface area contributed by atoms with E-state index in [1.807, 2.05) is 20.8 Å². The van der Waals surface area contributed by atoms with Crippen LogP contribution in [-0.2, 0) is 19.1 Å². The van der Waals surface area contributed by atoms with Gasteiger partial charge in [0.15, 0.2) is 0 Å². The Labute approximate surface area is 103 Å². The lowest BCUT2D eigenvalue weighted by Crippen LogP contribution is -2.32. The van der Waals surface area contributed by atoms with Gasteiger partial charge >= 0.3 is 11.9 Å². The van der Waals surface area contributed by atoms with Gasteiger partial charge in [0.1, 0.15) is 5.60 Å². The first kappa shape index (κ1) is 14.0. The van der Waals surface area contributed by atoms with Gasteiger partial charge in [-0.2, -0.15) is 0 Å². The second kappa shape index (κ2) is 5.52. The molecule has 1 fully saturated rings. The Morgan fingerprint density at radius 1 is 0.941 bits per heavy atom. The maximum Gasteiger partial charge on any atom is 0.309 e. The van der Waals surface area contributed by atoms with Crippen molar-refractivity contribution >= 4 is 11.9 Å². The Balaban J connectivity index is 2.42. The average molecular weight is 242 g/mol. The number of carbonyl (C=O) groups excluding carboxylic acids is 2. The van der Waals surface area contributed by atoms with E-state index in [-0.39, 0.29) is 23.8 Å². The molecule has 0 aromatic carbocycles. The first-order valence-corrected chi connectivity index (χ1v) is 6.14. The summed E-state index contributed by atoms with van der Waals surface area (Å²) in [6.07, 6.45) is 2.87. The largest absolute Gasteiger partial charge is 0.469 e. The second-order valence-corrected chi connectivity index (χ2v) is 5.61. The minimum atomic E-state index is -0.434. The highest BCUT2D eigenvalue weighted by Gasteiger charge is 2.32. The molecule has 1 aliphatic rings. The van der Waals surface area contributed by atoms with Gasteiger partial charge < -0.3 is 9.47 Å². The van der Waals surface area contributed by atoms with Gasteiger partial charge in [-0.15, -0.1) is 0 Å². The predicted molar refractivity (Wildman–Crippen MR) is 63.3 cm³/mol. The van der Waals surface area contributed by atoms with Crippen molar-refractivity contribution < 1.29 is 19.1 Å². The Morgan fingerprint density at radius 3 is 1.71 bits per heavy atom. The van der Waals surface area contributed by atoms with E-state index in [0.717, 1.165) is 12.8 Å². The zero-order chi connectivity index (χ0) is 13.1. The van der Waals surface area contributed by atoms with Crippen molar-refractivity contribution in [3.8, 4) is 0 Å². The molecule has 98 valence electrons. The van der Waals surface area contributed by atoms with Crippen molar-refractivity contribution in [1.29, 1.82) is 0 Å². The summed E-state index contributed by atoms with van der Waals surface area (Å²) in [4.78, 5) is 23.2. The lowest BCUT2D eigenvalue weighted by Gasteiger charge is -2.28. The minimum Gasteiger partial charge on any atom is -0.469 e. The van der Waals surface area contributed by atoms with E-state index in [9.17, 15) is 9.59 Å². The van der Waals surface area contributed by atoms with Crippen molar-refractivity contribution in [3.05, 3.63) is 0 Å². The number of ether oxygens (including phenoxy) is 2. The summed E-state index contributed by atoms with van der Waals surface area (Å²) < 4.78 is 10.1. The van der Waals surface area contributed by atoms with Crippen molar-refractivity contribution in [2.24, 2.45) is 11.8 Å². The summed E-state index contributed by atoms with van der Waals surface area (Å²) in [5.74, 6) is -0.401. The molecule has 0 aromatic rings. The number of methoxy groups -OCH3 is 1. The van der Waals surface area contributed by atoms with E-state index >= 15 is 0 Å². The molecule has 0 saturated heterocycles. The number of hydrogen-bond donors (Lipinski definition) is 0. The summed E-state index contributed by atoms with van der Waals surface area (Å²) in [5, 5.41) is 0. The molecular formula is C13H22O4. The second-order valence-electron chi connectivity index (χ2n) is 5.61. The number of carbonyl (C=O) groups is 2. The van der Waals surface area contributed by atoms with Gasteiger partial charge in [0, 0.05) is 0 Å². The quantitative estimate of drug-likeness (QED) is 0.697. The van der Waals surface area contributed by atoms with Gasteiger partial charge in [-0.25, -0.2) is 0 Å². The highest BCUT2D eigenvalue weighted by molar-refractivity contribution is 5.75. The van der Waals surface area contributed by atoms with Crippen LogP contribution in [-0.4, -0.2) is 24.6 Å². The van der Waals surface area contributed by atoms with Crippen LogP contribution in [0.5, 0.6) is 0 Å². The molecule has 0 bridgehead atoms. The first-order valence-electron chi connectivity index (χ1n) is 6.14. The van der Waals surface area contributed by atoms with Crippen molar-refractivity contribution in [1.82, 2.24) is 0 Å². The Hall–Kier alpha value is -1.06. The van der Waals surface area contributed by atoms with Crippen LogP contribution in [0.15, 0.2) is 0 Å². The Bertz CT molecular complexity index is 282. The van der Waals surface area contributed by atoms with Gasteiger partial charge in [-0.3, -0.25) is 9.59 Å². The summed E-state index contributed by atoms with van der Waals surface area (Å²) in [7, 11) is 1.41. The lowest BCUT2D eigenvalue weighted by molar-refractivity contribution is -0.163. The molecule has 1 rings (SSSR count). The summed E-state index contributed by atoms with van der Waals surface area (Å²) >= 11 is 0. The van der Waals surface area contributed by atoms with Crippen LogP contribution in [0.1, 0.15) is 46.5 Å². The summed E-state index contributed by atoms with van der Waals surface area (Å²) in [5.41, 5.74) is -0.434. The van der Waals surface area contributed by atoms with Gasteiger partial charge in [0.05, 0.1) is 18.9 Å². The van der Waals surface area contributed by atoms with Crippen LogP contribution in [0, 0.1) is 11.8 Å². The molecule has 4 nitrogen and oxygen atoms in total. The molecule has 0 spiro atoms.